The minimum atomic E-state index is -0.558. The van der Waals surface area contributed by atoms with Gasteiger partial charge in [0.05, 0.1) is 24.1 Å². The second-order valence-electron chi connectivity index (χ2n) is 12.9. The summed E-state index contributed by atoms with van der Waals surface area (Å²) in [6, 6.07) is 0. The molecule has 53 heavy (non-hydrogen) atoms. The van der Waals surface area contributed by atoms with Crippen molar-refractivity contribution in [3.8, 4) is 12.3 Å². The summed E-state index contributed by atoms with van der Waals surface area (Å²) in [4.78, 5) is 48.0. The molecule has 3 aromatic rings. The molecule has 3 aromatic heterocycles. The molecule has 0 aliphatic heterocycles. The third kappa shape index (κ3) is 24.1. The van der Waals surface area contributed by atoms with E-state index >= 15 is 0 Å². The van der Waals surface area contributed by atoms with Crippen LogP contribution < -0.4 is 11.5 Å². The second kappa shape index (κ2) is 28.7. The molecule has 0 aliphatic carbocycles. The average Bonchev–Trinajstić information content (AvgIpc) is 3.80. The van der Waals surface area contributed by atoms with Gasteiger partial charge in [-0.25, -0.2) is 24.0 Å². The number of aromatic nitrogens is 7. The van der Waals surface area contributed by atoms with Gasteiger partial charge in [0.2, 0.25) is 5.95 Å². The number of nitrogens with two attached hydrogens (primary N) is 2. The second-order valence-corrected chi connectivity index (χ2v) is 12.9. The van der Waals surface area contributed by atoms with E-state index in [1.165, 1.54) is 4.57 Å². The summed E-state index contributed by atoms with van der Waals surface area (Å²) < 4.78 is 8.07. The van der Waals surface area contributed by atoms with Crippen LogP contribution in [0.25, 0.3) is 10.4 Å². The average molecular weight is 761 g/mol. The first kappa shape index (κ1) is 50.2. The Hall–Kier alpha value is -4.87. The summed E-state index contributed by atoms with van der Waals surface area (Å²) in [5.41, 5.74) is 21.2. The molecule has 16 nitrogen and oxygen atoms in total. The predicted octanol–water partition coefficient (Wildman–Crippen LogP) is 7.62. The topological polar surface area (TPSA) is 238 Å². The number of terminal acetylenes is 1. The van der Waals surface area contributed by atoms with Gasteiger partial charge in [0.25, 0.3) is 0 Å². The number of azide groups is 1. The van der Waals surface area contributed by atoms with Gasteiger partial charge in [-0.15, -0.1) is 29.8 Å². The van der Waals surface area contributed by atoms with Crippen LogP contribution in [0.15, 0.2) is 23.7 Å². The van der Waals surface area contributed by atoms with Crippen molar-refractivity contribution in [3.63, 3.8) is 0 Å². The Balaban J connectivity index is 0. The first-order chi connectivity index (χ1) is 24.3. The minimum Gasteiger partial charge on any atom is -0.443 e. The molecular weight excluding hydrogens is 700 g/mol. The standard InChI is InChI=1S/C15H24N6O.C13H19N3O2.C7H13N3O.CH4.ClH/c1-2-3-4-8-14(22)11-21-10-13(19-20-21)7-5-6-12-9-17-15(16)18-12;1-5-6-7-8-10-9-16(11(14)15-10)12(17)18-13(2,3)4;1-2-3-4-5-7(11)6-9-10-8;;/h9-10H,2-8,11H2,1H3,(H3,16,17,18);1,9H,6-8H2,2-4H3,(H2,14,15);2-6H2,1H3;1H4;1H. The van der Waals surface area contributed by atoms with Crippen LogP contribution in [0.5, 0.6) is 0 Å². The molecular formula is C36H61ClN12O4. The number of nitrogen functional groups attached to an aromatic ring is 2. The van der Waals surface area contributed by atoms with Crippen molar-refractivity contribution in [2.45, 2.75) is 144 Å². The Morgan fingerprint density at radius 1 is 0.981 bits per heavy atom. The molecule has 0 aromatic carbocycles. The number of carbonyl (C=O) groups excluding carboxylic acids is 3. The molecule has 0 spiro atoms. The first-order valence-corrected chi connectivity index (χ1v) is 17.5. The lowest BCUT2D eigenvalue weighted by molar-refractivity contribution is -0.120. The summed E-state index contributed by atoms with van der Waals surface area (Å²) in [5.74, 6) is 3.40. The molecule has 0 saturated heterocycles. The number of aryl methyl sites for hydroxylation is 3. The molecule has 0 unspecified atom stereocenters. The lowest BCUT2D eigenvalue weighted by Gasteiger charge is -2.19. The molecule has 0 atom stereocenters. The van der Waals surface area contributed by atoms with Crippen molar-refractivity contribution < 1.29 is 19.1 Å². The first-order valence-electron chi connectivity index (χ1n) is 17.5. The fourth-order valence-electron chi connectivity index (χ4n) is 4.48. The fraction of sp³-hybridized carbons (Fsp3) is 0.639. The Morgan fingerprint density at radius 3 is 2.19 bits per heavy atom. The number of nitrogens with zero attached hydrogens (tertiary/aromatic N) is 9. The number of nitrogens with one attached hydrogen (secondary N) is 1. The van der Waals surface area contributed by atoms with Crippen molar-refractivity contribution in [3.05, 3.63) is 46.1 Å². The quantitative estimate of drug-likeness (QED) is 0.0355. The van der Waals surface area contributed by atoms with Crippen LogP contribution in [0, 0.1) is 12.3 Å². The summed E-state index contributed by atoms with van der Waals surface area (Å²) >= 11 is 0. The molecule has 296 valence electrons. The summed E-state index contributed by atoms with van der Waals surface area (Å²) in [6.07, 6.45) is 22.1. The zero-order chi connectivity index (χ0) is 38.1. The van der Waals surface area contributed by atoms with Crippen LogP contribution in [0.1, 0.15) is 130 Å². The number of H-pyrrole nitrogens is 1. The highest BCUT2D eigenvalue weighted by Gasteiger charge is 2.20. The largest absolute Gasteiger partial charge is 0.443 e. The van der Waals surface area contributed by atoms with Gasteiger partial charge in [-0.05, 0) is 71.2 Å². The van der Waals surface area contributed by atoms with Crippen LogP contribution in [0.3, 0.4) is 0 Å². The Kier molecular flexibility index (Phi) is 27.2. The zero-order valence-corrected chi connectivity index (χ0v) is 32.2. The number of Topliss-reactive ketones (excluding diaryl/α,β-unsaturated/α-hetero) is 2. The zero-order valence-electron chi connectivity index (χ0n) is 31.3. The molecule has 0 radical (unpaired) electrons. The number of ether oxygens (including phenoxy) is 1. The third-order valence-corrected chi connectivity index (χ3v) is 7.01. The number of carbonyl (C=O) groups is 3. The molecule has 3 rings (SSSR count). The lowest BCUT2D eigenvalue weighted by atomic mass is 10.1. The number of aromatic amines is 1. The lowest BCUT2D eigenvalue weighted by Crippen LogP contribution is -2.27. The molecule has 5 N–H and O–H groups in total. The van der Waals surface area contributed by atoms with E-state index in [1.54, 1.807) is 37.8 Å². The van der Waals surface area contributed by atoms with Crippen LogP contribution in [0.4, 0.5) is 16.7 Å². The molecule has 0 aliphatic rings. The van der Waals surface area contributed by atoms with Crippen molar-refractivity contribution in [2.75, 3.05) is 18.0 Å². The molecule has 0 fully saturated rings. The molecule has 0 saturated carbocycles. The number of unbranched alkanes of at least 4 members (excludes halogenated alkanes) is 5. The number of imidazole rings is 2. The van der Waals surface area contributed by atoms with Gasteiger partial charge in [-0.2, -0.15) is 0 Å². The van der Waals surface area contributed by atoms with E-state index in [-0.39, 0.29) is 43.9 Å². The van der Waals surface area contributed by atoms with Crippen LogP contribution >= 0.6 is 12.4 Å². The SMILES string of the molecule is C.C#CCCCc1cn(C(=O)OC(C)(C)C)c(N)n1.CCCCCC(=O)CN=[N+]=[N-].CCCCCC(=O)Cn1cc(CCCc2cnc(N)[nH]2)nn1.Cl. The monoisotopic (exact) mass is 760 g/mol. The van der Waals surface area contributed by atoms with E-state index in [2.05, 4.69) is 55.1 Å². The van der Waals surface area contributed by atoms with Gasteiger partial charge in [-0.3, -0.25) is 9.59 Å². The highest BCUT2D eigenvalue weighted by atomic mass is 35.5. The third-order valence-electron chi connectivity index (χ3n) is 7.01. The van der Waals surface area contributed by atoms with Gasteiger partial charge in [-0.1, -0.05) is 57.3 Å². The number of halogens is 1. The number of rotatable bonds is 19. The maximum Gasteiger partial charge on any atom is 0.421 e. The Labute approximate surface area is 320 Å². The molecule has 17 heteroatoms. The number of hydrogen-bond acceptors (Lipinski definition) is 11. The van der Waals surface area contributed by atoms with Gasteiger partial charge < -0.3 is 21.2 Å². The van der Waals surface area contributed by atoms with E-state index in [0.717, 1.165) is 81.3 Å². The highest BCUT2D eigenvalue weighted by Crippen LogP contribution is 2.14. The van der Waals surface area contributed by atoms with E-state index in [4.69, 9.17) is 28.2 Å². The minimum absolute atomic E-state index is 0. The number of hydrogen-bond donors (Lipinski definition) is 3. The summed E-state index contributed by atoms with van der Waals surface area (Å²) in [6.45, 7) is 9.95. The Morgan fingerprint density at radius 2 is 1.62 bits per heavy atom. The van der Waals surface area contributed by atoms with Gasteiger partial charge in [0.1, 0.15) is 17.9 Å². The van der Waals surface area contributed by atoms with Gasteiger partial charge in [0.15, 0.2) is 11.7 Å². The van der Waals surface area contributed by atoms with E-state index < -0.39 is 11.7 Å². The highest BCUT2D eigenvalue weighted by molar-refractivity contribution is 5.85. The summed E-state index contributed by atoms with van der Waals surface area (Å²) in [5, 5.41) is 11.3. The van der Waals surface area contributed by atoms with Crippen molar-refractivity contribution >= 4 is 42.0 Å². The van der Waals surface area contributed by atoms with Gasteiger partial charge >= 0.3 is 6.09 Å². The van der Waals surface area contributed by atoms with E-state index in [1.807, 2.05) is 6.20 Å². The summed E-state index contributed by atoms with van der Waals surface area (Å²) in [7, 11) is 0. The molecule has 0 bridgehead atoms. The Bertz CT molecular complexity index is 1560. The van der Waals surface area contributed by atoms with Crippen LogP contribution in [-0.4, -0.2) is 64.3 Å². The van der Waals surface area contributed by atoms with Crippen LogP contribution in [-0.2, 0) is 40.1 Å². The maximum atomic E-state index is 11.8. The molecule has 0 amide bonds. The maximum absolute atomic E-state index is 11.8. The smallest absolute Gasteiger partial charge is 0.421 e. The predicted molar refractivity (Wildman–Crippen MR) is 211 cm³/mol. The molecule has 3 heterocycles. The van der Waals surface area contributed by atoms with Crippen LogP contribution in [0.2, 0.25) is 0 Å². The van der Waals surface area contributed by atoms with E-state index in [0.29, 0.717) is 38.2 Å². The number of anilines is 2. The number of ketones is 2. The normalized spacial score (nSPS) is 10.1. The van der Waals surface area contributed by atoms with Gasteiger partial charge in [0, 0.05) is 42.3 Å². The van der Waals surface area contributed by atoms with E-state index in [9.17, 15) is 14.4 Å². The van der Waals surface area contributed by atoms with Crippen molar-refractivity contribution in [2.24, 2.45) is 5.11 Å². The van der Waals surface area contributed by atoms with Crippen molar-refractivity contribution in [1.29, 1.82) is 0 Å². The van der Waals surface area contributed by atoms with Crippen molar-refractivity contribution in [1.82, 2.24) is 34.5 Å². The fourth-order valence-corrected chi connectivity index (χ4v) is 4.48.